The molecule has 0 saturated heterocycles. The predicted molar refractivity (Wildman–Crippen MR) is 87.1 cm³/mol. The van der Waals surface area contributed by atoms with Crippen molar-refractivity contribution < 1.29 is 0 Å². The number of aromatic nitrogens is 6. The fourth-order valence-electron chi connectivity index (χ4n) is 2.60. The van der Waals surface area contributed by atoms with Gasteiger partial charge in [-0.25, -0.2) is 14.6 Å². The topological polar surface area (TPSA) is 87.4 Å². The Morgan fingerprint density at radius 2 is 2.04 bits per heavy atom. The first-order chi connectivity index (χ1) is 11.2. The van der Waals surface area contributed by atoms with Crippen LogP contribution in [-0.4, -0.2) is 29.5 Å². The largest absolute Gasteiger partial charge is 0.399 e. The second-order valence-corrected chi connectivity index (χ2v) is 5.34. The van der Waals surface area contributed by atoms with Crippen molar-refractivity contribution in [1.82, 2.24) is 29.5 Å². The molecule has 0 spiro atoms. The maximum absolute atomic E-state index is 5.78. The number of imidazole rings is 1. The Morgan fingerprint density at radius 3 is 2.91 bits per heavy atom. The van der Waals surface area contributed by atoms with E-state index in [0.29, 0.717) is 18.1 Å². The summed E-state index contributed by atoms with van der Waals surface area (Å²) in [5.74, 6) is 1.60. The first-order valence-electron chi connectivity index (χ1n) is 7.26. The molecular weight excluding hydrogens is 290 g/mol. The molecule has 4 aromatic rings. The van der Waals surface area contributed by atoms with Gasteiger partial charge in [-0.2, -0.15) is 0 Å². The molecule has 1 aromatic carbocycles. The van der Waals surface area contributed by atoms with Gasteiger partial charge in [0.1, 0.15) is 11.5 Å². The van der Waals surface area contributed by atoms with E-state index in [-0.39, 0.29) is 0 Å². The van der Waals surface area contributed by atoms with E-state index >= 15 is 0 Å². The summed E-state index contributed by atoms with van der Waals surface area (Å²) in [6.07, 6.45) is 3.51. The van der Waals surface area contributed by atoms with Crippen LogP contribution in [0.2, 0.25) is 0 Å². The molecule has 114 valence electrons. The number of fused-ring (bicyclic) bond motifs is 1. The number of aryl methyl sites for hydroxylation is 1. The lowest BCUT2D eigenvalue weighted by atomic mass is 10.3. The van der Waals surface area contributed by atoms with Crippen molar-refractivity contribution >= 4 is 16.7 Å². The fourth-order valence-corrected chi connectivity index (χ4v) is 2.60. The van der Waals surface area contributed by atoms with Gasteiger partial charge < -0.3 is 10.3 Å². The molecule has 0 radical (unpaired) electrons. The summed E-state index contributed by atoms with van der Waals surface area (Å²) in [5.41, 5.74) is 9.32. The minimum atomic E-state index is 0.606. The highest BCUT2D eigenvalue weighted by molar-refractivity contribution is 5.75. The molecule has 23 heavy (non-hydrogen) atoms. The number of hydrogen-bond donors (Lipinski definition) is 1. The summed E-state index contributed by atoms with van der Waals surface area (Å²) in [4.78, 5) is 8.81. The number of hydrogen-bond acceptors (Lipinski definition) is 5. The summed E-state index contributed by atoms with van der Waals surface area (Å²) in [6.45, 7) is 2.60. The van der Waals surface area contributed by atoms with Gasteiger partial charge in [-0.05, 0) is 25.1 Å². The number of nitrogen functional groups attached to an aromatic ring is 1. The van der Waals surface area contributed by atoms with Crippen molar-refractivity contribution in [2.45, 2.75) is 13.5 Å². The monoisotopic (exact) mass is 305 g/mol. The lowest BCUT2D eigenvalue weighted by Gasteiger charge is -2.03. The smallest absolute Gasteiger partial charge is 0.157 e. The average Bonchev–Trinajstić information content (AvgIpc) is 3.13. The molecule has 0 aliphatic heterocycles. The number of rotatable bonds is 3. The van der Waals surface area contributed by atoms with Crippen molar-refractivity contribution in [2.75, 3.05) is 5.73 Å². The molecule has 0 aliphatic carbocycles. The lowest BCUT2D eigenvalue weighted by Crippen LogP contribution is -2.02. The van der Waals surface area contributed by atoms with Crippen LogP contribution in [0, 0.1) is 6.92 Å². The average molecular weight is 305 g/mol. The highest BCUT2D eigenvalue weighted by Crippen LogP contribution is 2.17. The Balaban J connectivity index is 1.68. The maximum Gasteiger partial charge on any atom is 0.157 e. The molecule has 3 aromatic heterocycles. The number of para-hydroxylation sites is 2. The van der Waals surface area contributed by atoms with Gasteiger partial charge in [0.25, 0.3) is 0 Å². The van der Waals surface area contributed by atoms with Gasteiger partial charge in [-0.15, -0.1) is 5.10 Å². The molecule has 0 unspecified atom stereocenters. The van der Waals surface area contributed by atoms with Gasteiger partial charge >= 0.3 is 0 Å². The van der Waals surface area contributed by atoms with E-state index in [9.17, 15) is 0 Å². The van der Waals surface area contributed by atoms with Crippen LogP contribution < -0.4 is 5.73 Å². The van der Waals surface area contributed by atoms with Crippen molar-refractivity contribution in [1.29, 1.82) is 0 Å². The maximum atomic E-state index is 5.78. The SMILES string of the molecule is Cc1nc2ccccc2n1Cc1cn(-c2cc(N)ccn2)nn1. The quantitative estimate of drug-likeness (QED) is 0.625. The van der Waals surface area contributed by atoms with E-state index in [1.807, 2.05) is 31.3 Å². The molecule has 0 saturated carbocycles. The summed E-state index contributed by atoms with van der Waals surface area (Å²) in [6, 6.07) is 11.6. The van der Waals surface area contributed by atoms with Crippen molar-refractivity contribution in [3.05, 3.63) is 60.3 Å². The van der Waals surface area contributed by atoms with Crippen LogP contribution in [-0.2, 0) is 6.54 Å². The van der Waals surface area contributed by atoms with Gasteiger partial charge in [0, 0.05) is 18.0 Å². The van der Waals surface area contributed by atoms with Crippen LogP contribution in [0.15, 0.2) is 48.8 Å². The zero-order valence-electron chi connectivity index (χ0n) is 12.6. The Kier molecular flexibility index (Phi) is 3.04. The van der Waals surface area contributed by atoms with E-state index < -0.39 is 0 Å². The molecule has 3 heterocycles. The first kappa shape index (κ1) is 13.4. The number of anilines is 1. The number of nitrogens with two attached hydrogens (primary N) is 1. The first-order valence-corrected chi connectivity index (χ1v) is 7.26. The van der Waals surface area contributed by atoms with Crippen LogP contribution in [0.3, 0.4) is 0 Å². The van der Waals surface area contributed by atoms with Gasteiger partial charge in [0.05, 0.1) is 23.8 Å². The van der Waals surface area contributed by atoms with Crippen molar-refractivity contribution in [3.8, 4) is 5.82 Å². The standard InChI is InChI=1S/C16H15N7/c1-11-19-14-4-2-3-5-15(14)22(11)9-13-10-23(21-20-13)16-8-12(17)6-7-18-16/h2-8,10H,9H2,1H3,(H2,17,18). The lowest BCUT2D eigenvalue weighted by molar-refractivity contribution is 0.747. The minimum Gasteiger partial charge on any atom is -0.399 e. The van der Waals surface area contributed by atoms with Gasteiger partial charge in [-0.1, -0.05) is 17.3 Å². The summed E-state index contributed by atoms with van der Waals surface area (Å²) in [7, 11) is 0. The molecule has 0 amide bonds. The van der Waals surface area contributed by atoms with Gasteiger partial charge in [0.2, 0.25) is 0 Å². The molecule has 0 aliphatic rings. The summed E-state index contributed by atoms with van der Waals surface area (Å²) in [5, 5.41) is 8.36. The van der Waals surface area contributed by atoms with E-state index in [0.717, 1.165) is 22.6 Å². The van der Waals surface area contributed by atoms with Crippen molar-refractivity contribution in [2.24, 2.45) is 0 Å². The third kappa shape index (κ3) is 2.42. The molecule has 2 N–H and O–H groups in total. The van der Waals surface area contributed by atoms with E-state index in [2.05, 4.69) is 30.9 Å². The number of benzene rings is 1. The van der Waals surface area contributed by atoms with Crippen LogP contribution in [0.5, 0.6) is 0 Å². The Hall–Kier alpha value is -3.22. The van der Waals surface area contributed by atoms with Crippen LogP contribution in [0.25, 0.3) is 16.9 Å². The van der Waals surface area contributed by atoms with E-state index in [4.69, 9.17) is 5.73 Å². The summed E-state index contributed by atoms with van der Waals surface area (Å²) < 4.78 is 3.75. The minimum absolute atomic E-state index is 0.606. The van der Waals surface area contributed by atoms with Crippen LogP contribution in [0.1, 0.15) is 11.5 Å². The van der Waals surface area contributed by atoms with Gasteiger partial charge in [0.15, 0.2) is 5.82 Å². The second-order valence-electron chi connectivity index (χ2n) is 5.34. The summed E-state index contributed by atoms with van der Waals surface area (Å²) >= 11 is 0. The highest BCUT2D eigenvalue weighted by Gasteiger charge is 2.10. The number of pyridine rings is 1. The molecule has 4 rings (SSSR count). The molecule has 7 nitrogen and oxygen atoms in total. The highest BCUT2D eigenvalue weighted by atomic mass is 15.4. The second kappa shape index (κ2) is 5.20. The van der Waals surface area contributed by atoms with E-state index in [1.54, 1.807) is 23.0 Å². The zero-order chi connectivity index (χ0) is 15.8. The van der Waals surface area contributed by atoms with Crippen LogP contribution in [0.4, 0.5) is 5.69 Å². The normalized spacial score (nSPS) is 11.2. The molecular formula is C16H15N7. The molecule has 7 heteroatoms. The fraction of sp³-hybridized carbons (Fsp3) is 0.125. The molecule has 0 atom stereocenters. The zero-order valence-corrected chi connectivity index (χ0v) is 12.6. The predicted octanol–water partition coefficient (Wildman–Crippen LogP) is 1.95. The molecule has 0 fully saturated rings. The Morgan fingerprint density at radius 1 is 1.17 bits per heavy atom. The Labute approximate surface area is 132 Å². The van der Waals surface area contributed by atoms with E-state index in [1.165, 1.54) is 0 Å². The third-order valence-corrected chi connectivity index (χ3v) is 3.71. The molecule has 0 bridgehead atoms. The van der Waals surface area contributed by atoms with Crippen LogP contribution >= 0.6 is 0 Å². The van der Waals surface area contributed by atoms with Gasteiger partial charge in [-0.3, -0.25) is 0 Å². The Bertz CT molecular complexity index is 983. The van der Waals surface area contributed by atoms with Crippen molar-refractivity contribution in [3.63, 3.8) is 0 Å². The third-order valence-electron chi connectivity index (χ3n) is 3.71. The number of nitrogens with zero attached hydrogens (tertiary/aromatic N) is 6.